The van der Waals surface area contributed by atoms with Gasteiger partial charge in [0.2, 0.25) is 0 Å². The Bertz CT molecular complexity index is 533. The summed E-state index contributed by atoms with van der Waals surface area (Å²) in [7, 11) is 1.97. The van der Waals surface area contributed by atoms with Gasteiger partial charge >= 0.3 is 0 Å². The van der Waals surface area contributed by atoms with Crippen LogP contribution in [0.5, 0.6) is 0 Å². The van der Waals surface area contributed by atoms with E-state index in [1.165, 1.54) is 10.5 Å². The Morgan fingerprint density at radius 3 is 2.59 bits per heavy atom. The van der Waals surface area contributed by atoms with Gasteiger partial charge in [0, 0.05) is 18.5 Å². The van der Waals surface area contributed by atoms with Crippen LogP contribution in [0.25, 0.3) is 0 Å². The first-order valence-electron chi connectivity index (χ1n) is 5.45. The number of aryl methyl sites for hydroxylation is 2. The summed E-state index contributed by atoms with van der Waals surface area (Å²) in [4.78, 5) is 1.19. The maximum Gasteiger partial charge on any atom is 0.195 e. The molecule has 0 radical (unpaired) electrons. The first kappa shape index (κ1) is 12.1. The molecule has 0 aliphatic carbocycles. The quantitative estimate of drug-likeness (QED) is 0.903. The number of nitrogens with zero attached hydrogens (tertiary/aromatic N) is 3. The zero-order valence-electron chi connectivity index (χ0n) is 10.3. The second-order valence-corrected chi connectivity index (χ2v) is 5.00. The number of nitrogens with two attached hydrogens (primary N) is 1. The van der Waals surface area contributed by atoms with Crippen LogP contribution >= 0.6 is 11.8 Å². The molecule has 0 bridgehead atoms. The van der Waals surface area contributed by atoms with Crippen LogP contribution in [0.3, 0.4) is 0 Å². The molecule has 0 aliphatic rings. The fourth-order valence-electron chi connectivity index (χ4n) is 1.53. The highest BCUT2D eigenvalue weighted by atomic mass is 32.2. The van der Waals surface area contributed by atoms with Gasteiger partial charge < -0.3 is 10.3 Å². The molecule has 5 heteroatoms. The highest BCUT2D eigenvalue weighted by Crippen LogP contribution is 2.29. The minimum atomic E-state index is 0.578. The molecule has 1 heterocycles. The highest BCUT2D eigenvalue weighted by molar-refractivity contribution is 7.99. The molecule has 0 saturated heterocycles. The Morgan fingerprint density at radius 1 is 1.29 bits per heavy atom. The van der Waals surface area contributed by atoms with E-state index in [1.807, 2.05) is 18.5 Å². The molecular formula is C12H16N4S. The third-order valence-corrected chi connectivity index (χ3v) is 3.94. The van der Waals surface area contributed by atoms with Crippen LogP contribution in [-0.2, 0) is 13.6 Å². The smallest absolute Gasteiger partial charge is 0.195 e. The first-order valence-corrected chi connectivity index (χ1v) is 6.27. The summed E-state index contributed by atoms with van der Waals surface area (Å²) in [5.41, 5.74) is 7.99. The third-order valence-electron chi connectivity index (χ3n) is 2.73. The Kier molecular flexibility index (Phi) is 3.49. The SMILES string of the molecule is Cc1cc(CN)ccc1Sc1nnc(C)n1C. The standard InChI is InChI=1S/C12H16N4S/c1-8-6-10(7-13)4-5-11(8)17-12-15-14-9(2)16(12)3/h4-6H,7,13H2,1-3H3. The van der Waals surface area contributed by atoms with Gasteiger partial charge in [-0.3, -0.25) is 0 Å². The first-order chi connectivity index (χ1) is 8.11. The average molecular weight is 248 g/mol. The molecule has 0 atom stereocenters. The van der Waals surface area contributed by atoms with Crippen molar-refractivity contribution in [1.29, 1.82) is 0 Å². The van der Waals surface area contributed by atoms with E-state index in [2.05, 4.69) is 35.3 Å². The maximum absolute atomic E-state index is 5.62. The van der Waals surface area contributed by atoms with Crippen molar-refractivity contribution in [1.82, 2.24) is 14.8 Å². The number of hydrogen-bond acceptors (Lipinski definition) is 4. The second kappa shape index (κ2) is 4.89. The molecule has 2 aromatic rings. The number of aromatic nitrogens is 3. The lowest BCUT2D eigenvalue weighted by molar-refractivity contribution is 0.765. The van der Waals surface area contributed by atoms with Gasteiger partial charge in [0.25, 0.3) is 0 Å². The van der Waals surface area contributed by atoms with Gasteiger partial charge in [-0.15, -0.1) is 10.2 Å². The molecule has 4 nitrogen and oxygen atoms in total. The molecule has 1 aromatic heterocycles. The van der Waals surface area contributed by atoms with E-state index in [9.17, 15) is 0 Å². The van der Waals surface area contributed by atoms with Gasteiger partial charge in [0.15, 0.2) is 5.16 Å². The molecule has 0 saturated carbocycles. The summed E-state index contributed by atoms with van der Waals surface area (Å²) >= 11 is 1.63. The summed E-state index contributed by atoms with van der Waals surface area (Å²) in [5.74, 6) is 0.920. The van der Waals surface area contributed by atoms with Crippen molar-refractivity contribution in [2.45, 2.75) is 30.4 Å². The minimum Gasteiger partial charge on any atom is -0.326 e. The monoisotopic (exact) mass is 248 g/mol. The Hall–Kier alpha value is -1.33. The number of rotatable bonds is 3. The molecule has 0 aliphatic heterocycles. The van der Waals surface area contributed by atoms with Crippen LogP contribution in [0.4, 0.5) is 0 Å². The van der Waals surface area contributed by atoms with E-state index in [0.717, 1.165) is 16.5 Å². The third kappa shape index (κ3) is 2.50. The average Bonchev–Trinajstić information content (AvgIpc) is 2.63. The maximum atomic E-state index is 5.62. The van der Waals surface area contributed by atoms with Crippen LogP contribution in [0.15, 0.2) is 28.3 Å². The Labute approximate surface area is 105 Å². The van der Waals surface area contributed by atoms with Gasteiger partial charge in [0.1, 0.15) is 5.82 Å². The second-order valence-electron chi connectivity index (χ2n) is 3.99. The van der Waals surface area contributed by atoms with Gasteiger partial charge in [-0.05, 0) is 42.8 Å². The van der Waals surface area contributed by atoms with Crippen molar-refractivity contribution in [3.05, 3.63) is 35.2 Å². The van der Waals surface area contributed by atoms with Crippen molar-refractivity contribution in [2.24, 2.45) is 12.8 Å². The normalized spacial score (nSPS) is 10.8. The van der Waals surface area contributed by atoms with Crippen molar-refractivity contribution in [3.8, 4) is 0 Å². The summed E-state index contributed by atoms with van der Waals surface area (Å²) in [6, 6.07) is 6.26. The lowest BCUT2D eigenvalue weighted by atomic mass is 10.1. The van der Waals surface area contributed by atoms with Crippen LogP contribution in [0, 0.1) is 13.8 Å². The largest absolute Gasteiger partial charge is 0.326 e. The molecular weight excluding hydrogens is 232 g/mol. The van der Waals surface area contributed by atoms with E-state index < -0.39 is 0 Å². The van der Waals surface area contributed by atoms with E-state index >= 15 is 0 Å². The molecule has 90 valence electrons. The van der Waals surface area contributed by atoms with Gasteiger partial charge in [-0.1, -0.05) is 12.1 Å². The predicted molar refractivity (Wildman–Crippen MR) is 68.9 cm³/mol. The molecule has 1 aromatic carbocycles. The fraction of sp³-hybridized carbons (Fsp3) is 0.333. The molecule has 17 heavy (non-hydrogen) atoms. The molecule has 0 spiro atoms. The summed E-state index contributed by atoms with van der Waals surface area (Å²) in [6.45, 7) is 4.61. The van der Waals surface area contributed by atoms with Crippen molar-refractivity contribution >= 4 is 11.8 Å². The molecule has 0 amide bonds. The zero-order valence-corrected chi connectivity index (χ0v) is 11.1. The molecule has 0 fully saturated rings. The molecule has 2 N–H and O–H groups in total. The highest BCUT2D eigenvalue weighted by Gasteiger charge is 2.08. The zero-order chi connectivity index (χ0) is 12.4. The lowest BCUT2D eigenvalue weighted by Gasteiger charge is -2.06. The van der Waals surface area contributed by atoms with Crippen LogP contribution in [0.1, 0.15) is 17.0 Å². The summed E-state index contributed by atoms with van der Waals surface area (Å²) in [5, 5.41) is 9.10. The van der Waals surface area contributed by atoms with Crippen molar-refractivity contribution in [2.75, 3.05) is 0 Å². The summed E-state index contributed by atoms with van der Waals surface area (Å²) in [6.07, 6.45) is 0. The van der Waals surface area contributed by atoms with Gasteiger partial charge in [0.05, 0.1) is 0 Å². The van der Waals surface area contributed by atoms with E-state index in [4.69, 9.17) is 5.73 Å². The number of benzene rings is 1. The molecule has 2 rings (SSSR count). The Balaban J connectivity index is 2.27. The van der Waals surface area contributed by atoms with Gasteiger partial charge in [-0.2, -0.15) is 0 Å². The van der Waals surface area contributed by atoms with Crippen LogP contribution in [-0.4, -0.2) is 14.8 Å². The predicted octanol–water partition coefficient (Wildman–Crippen LogP) is 2.04. The van der Waals surface area contributed by atoms with Crippen LogP contribution < -0.4 is 5.73 Å². The van der Waals surface area contributed by atoms with Crippen LogP contribution in [0.2, 0.25) is 0 Å². The van der Waals surface area contributed by atoms with Crippen molar-refractivity contribution < 1.29 is 0 Å². The van der Waals surface area contributed by atoms with Crippen molar-refractivity contribution in [3.63, 3.8) is 0 Å². The Morgan fingerprint density at radius 2 is 2.06 bits per heavy atom. The summed E-state index contributed by atoms with van der Waals surface area (Å²) < 4.78 is 1.99. The van der Waals surface area contributed by atoms with Gasteiger partial charge in [-0.25, -0.2) is 0 Å². The minimum absolute atomic E-state index is 0.578. The van der Waals surface area contributed by atoms with E-state index in [0.29, 0.717) is 6.54 Å². The fourth-order valence-corrected chi connectivity index (χ4v) is 2.43. The lowest BCUT2D eigenvalue weighted by Crippen LogP contribution is -1.97. The van der Waals surface area contributed by atoms with E-state index in [1.54, 1.807) is 11.8 Å². The van der Waals surface area contributed by atoms with E-state index in [-0.39, 0.29) is 0 Å². The topological polar surface area (TPSA) is 56.7 Å². The molecule has 0 unspecified atom stereocenters. The number of hydrogen-bond donors (Lipinski definition) is 1.